The highest BCUT2D eigenvalue weighted by molar-refractivity contribution is 5.29. The van der Waals surface area contributed by atoms with Crippen molar-refractivity contribution in [2.75, 3.05) is 7.05 Å². The van der Waals surface area contributed by atoms with E-state index in [9.17, 15) is 8.78 Å². The van der Waals surface area contributed by atoms with Gasteiger partial charge in [-0.25, -0.2) is 8.78 Å². The van der Waals surface area contributed by atoms with Gasteiger partial charge in [-0.1, -0.05) is 49.7 Å². The Bertz CT molecular complexity index is 596. The zero-order valence-electron chi connectivity index (χ0n) is 12.5. The van der Waals surface area contributed by atoms with Crippen LogP contribution in [0.4, 0.5) is 8.78 Å². The molecule has 1 atom stereocenters. The predicted molar refractivity (Wildman–Crippen MR) is 82.3 cm³/mol. The van der Waals surface area contributed by atoms with E-state index in [-0.39, 0.29) is 6.04 Å². The molecule has 0 radical (unpaired) electrons. The highest BCUT2D eigenvalue weighted by atomic mass is 19.2. The molecule has 1 nitrogen and oxygen atoms in total. The molecular weight excluding hydrogens is 268 g/mol. The van der Waals surface area contributed by atoms with E-state index in [2.05, 4.69) is 24.4 Å². The van der Waals surface area contributed by atoms with E-state index in [1.54, 1.807) is 12.1 Å². The standard InChI is InChI=1S/C18H21F2N/c1-3-6-13-7-4-8-14(11-13)17(21-2)12-15-9-5-10-16(19)18(15)20/h4-5,7-11,17,21H,3,6,12H2,1-2H3. The Hall–Kier alpha value is -1.74. The largest absolute Gasteiger partial charge is 0.313 e. The van der Waals surface area contributed by atoms with Crippen molar-refractivity contribution in [3.63, 3.8) is 0 Å². The second kappa shape index (κ2) is 7.32. The summed E-state index contributed by atoms with van der Waals surface area (Å²) >= 11 is 0. The molecule has 112 valence electrons. The van der Waals surface area contributed by atoms with Crippen LogP contribution in [0.5, 0.6) is 0 Å². The maximum atomic E-state index is 13.8. The van der Waals surface area contributed by atoms with Gasteiger partial charge in [0.1, 0.15) is 0 Å². The van der Waals surface area contributed by atoms with E-state index in [1.807, 2.05) is 19.2 Å². The van der Waals surface area contributed by atoms with Gasteiger partial charge >= 0.3 is 0 Å². The second-order valence-corrected chi connectivity index (χ2v) is 5.25. The Morgan fingerprint density at radius 3 is 2.57 bits per heavy atom. The van der Waals surface area contributed by atoms with Gasteiger partial charge in [-0.3, -0.25) is 0 Å². The fraction of sp³-hybridized carbons (Fsp3) is 0.333. The Labute approximate surface area is 125 Å². The topological polar surface area (TPSA) is 12.0 Å². The number of hydrogen-bond donors (Lipinski definition) is 1. The van der Waals surface area contributed by atoms with E-state index in [0.29, 0.717) is 12.0 Å². The molecule has 3 heteroatoms. The van der Waals surface area contributed by atoms with E-state index in [0.717, 1.165) is 24.5 Å². The van der Waals surface area contributed by atoms with Gasteiger partial charge in [-0.2, -0.15) is 0 Å². The van der Waals surface area contributed by atoms with Crippen LogP contribution < -0.4 is 5.32 Å². The minimum absolute atomic E-state index is 0.0295. The van der Waals surface area contributed by atoms with Crippen LogP contribution in [0.25, 0.3) is 0 Å². The minimum Gasteiger partial charge on any atom is -0.313 e. The summed E-state index contributed by atoms with van der Waals surface area (Å²) in [6, 6.07) is 12.6. The maximum Gasteiger partial charge on any atom is 0.162 e. The lowest BCUT2D eigenvalue weighted by Crippen LogP contribution is -2.19. The van der Waals surface area contributed by atoms with Crippen LogP contribution >= 0.6 is 0 Å². The third kappa shape index (κ3) is 3.88. The van der Waals surface area contributed by atoms with Crippen molar-refractivity contribution in [2.45, 2.75) is 32.2 Å². The SMILES string of the molecule is CCCc1cccc(C(Cc2cccc(F)c2F)NC)c1. The number of likely N-dealkylation sites (N-methyl/N-ethyl adjacent to an activating group) is 1. The zero-order valence-corrected chi connectivity index (χ0v) is 12.5. The molecule has 1 N–H and O–H groups in total. The molecule has 2 rings (SSSR count). The average Bonchev–Trinajstić information content (AvgIpc) is 2.49. The van der Waals surface area contributed by atoms with E-state index < -0.39 is 11.6 Å². The summed E-state index contributed by atoms with van der Waals surface area (Å²) in [6.07, 6.45) is 2.54. The summed E-state index contributed by atoms with van der Waals surface area (Å²) in [5.74, 6) is -1.54. The molecule has 0 aliphatic rings. The fourth-order valence-electron chi connectivity index (χ4n) is 2.57. The van der Waals surface area contributed by atoms with Gasteiger partial charge in [0.05, 0.1) is 0 Å². The number of nitrogens with one attached hydrogen (secondary N) is 1. The van der Waals surface area contributed by atoms with Crippen molar-refractivity contribution in [2.24, 2.45) is 0 Å². The van der Waals surface area contributed by atoms with Gasteiger partial charge in [0.15, 0.2) is 11.6 Å². The van der Waals surface area contributed by atoms with Crippen molar-refractivity contribution >= 4 is 0 Å². The summed E-state index contributed by atoms with van der Waals surface area (Å²) in [7, 11) is 1.84. The summed E-state index contributed by atoms with van der Waals surface area (Å²) in [5, 5.41) is 3.19. The van der Waals surface area contributed by atoms with Gasteiger partial charge in [-0.05, 0) is 42.6 Å². The minimum atomic E-state index is -0.790. The normalized spacial score (nSPS) is 12.4. The van der Waals surface area contributed by atoms with Crippen LogP contribution in [0, 0.1) is 11.6 Å². The van der Waals surface area contributed by atoms with Crippen molar-refractivity contribution in [3.8, 4) is 0 Å². The van der Waals surface area contributed by atoms with Crippen molar-refractivity contribution < 1.29 is 8.78 Å². The summed E-state index contributed by atoms with van der Waals surface area (Å²) < 4.78 is 27.1. The van der Waals surface area contributed by atoms with E-state index in [1.165, 1.54) is 5.56 Å². The maximum absolute atomic E-state index is 13.8. The lowest BCUT2D eigenvalue weighted by Gasteiger charge is -2.18. The summed E-state index contributed by atoms with van der Waals surface area (Å²) in [5.41, 5.74) is 2.78. The Balaban J connectivity index is 2.23. The average molecular weight is 289 g/mol. The molecule has 0 saturated carbocycles. The number of hydrogen-bond acceptors (Lipinski definition) is 1. The third-order valence-corrected chi connectivity index (χ3v) is 3.70. The predicted octanol–water partition coefficient (Wildman–Crippen LogP) is 4.42. The molecule has 0 aliphatic carbocycles. The van der Waals surface area contributed by atoms with Crippen molar-refractivity contribution in [1.82, 2.24) is 5.32 Å². The monoisotopic (exact) mass is 289 g/mol. The van der Waals surface area contributed by atoms with Gasteiger partial charge < -0.3 is 5.32 Å². The van der Waals surface area contributed by atoms with Gasteiger partial charge in [-0.15, -0.1) is 0 Å². The molecule has 1 unspecified atom stereocenters. The van der Waals surface area contributed by atoms with Gasteiger partial charge in [0.2, 0.25) is 0 Å². The molecule has 0 amide bonds. The van der Waals surface area contributed by atoms with Gasteiger partial charge in [0.25, 0.3) is 0 Å². The molecule has 0 aliphatic heterocycles. The molecule has 21 heavy (non-hydrogen) atoms. The third-order valence-electron chi connectivity index (χ3n) is 3.70. The smallest absolute Gasteiger partial charge is 0.162 e. The molecule has 0 aromatic heterocycles. The first-order chi connectivity index (χ1) is 10.2. The van der Waals surface area contributed by atoms with Crippen LogP contribution in [0.3, 0.4) is 0 Å². The molecule has 0 bridgehead atoms. The van der Waals surface area contributed by atoms with Crippen LogP contribution in [0.15, 0.2) is 42.5 Å². The number of rotatable bonds is 6. The fourth-order valence-corrected chi connectivity index (χ4v) is 2.57. The number of halogens is 2. The molecule has 0 saturated heterocycles. The quantitative estimate of drug-likeness (QED) is 0.830. The molecule has 0 spiro atoms. The van der Waals surface area contributed by atoms with Crippen LogP contribution in [-0.2, 0) is 12.8 Å². The molecular formula is C18H21F2N. The highest BCUT2D eigenvalue weighted by Crippen LogP contribution is 2.22. The summed E-state index contributed by atoms with van der Waals surface area (Å²) in [6.45, 7) is 2.14. The molecule has 0 fully saturated rings. The first-order valence-corrected chi connectivity index (χ1v) is 7.34. The lowest BCUT2D eigenvalue weighted by molar-refractivity contribution is 0.487. The highest BCUT2D eigenvalue weighted by Gasteiger charge is 2.15. The first-order valence-electron chi connectivity index (χ1n) is 7.34. The van der Waals surface area contributed by atoms with Crippen LogP contribution in [0.1, 0.15) is 36.1 Å². The Kier molecular flexibility index (Phi) is 5.45. The Morgan fingerprint density at radius 1 is 1.10 bits per heavy atom. The molecule has 2 aromatic rings. The second-order valence-electron chi connectivity index (χ2n) is 5.25. The first kappa shape index (κ1) is 15.6. The molecule has 2 aromatic carbocycles. The number of aryl methyl sites for hydroxylation is 1. The zero-order chi connectivity index (χ0) is 15.2. The van der Waals surface area contributed by atoms with Crippen molar-refractivity contribution in [3.05, 3.63) is 70.8 Å². The number of benzene rings is 2. The van der Waals surface area contributed by atoms with E-state index in [4.69, 9.17) is 0 Å². The molecule has 0 heterocycles. The summed E-state index contributed by atoms with van der Waals surface area (Å²) in [4.78, 5) is 0. The van der Waals surface area contributed by atoms with Crippen LogP contribution in [-0.4, -0.2) is 7.05 Å². The van der Waals surface area contributed by atoms with E-state index >= 15 is 0 Å². The van der Waals surface area contributed by atoms with Gasteiger partial charge in [0, 0.05) is 6.04 Å². The lowest BCUT2D eigenvalue weighted by atomic mass is 9.96. The van der Waals surface area contributed by atoms with Crippen LogP contribution in [0.2, 0.25) is 0 Å². The Morgan fingerprint density at radius 2 is 1.86 bits per heavy atom. The van der Waals surface area contributed by atoms with Crippen molar-refractivity contribution in [1.29, 1.82) is 0 Å².